The van der Waals surface area contributed by atoms with Crippen LogP contribution in [0.5, 0.6) is 0 Å². The summed E-state index contributed by atoms with van der Waals surface area (Å²) in [6.07, 6.45) is -0.363. The average Bonchev–Trinajstić information content (AvgIpc) is 2.29. The van der Waals surface area contributed by atoms with Gasteiger partial charge in [0.25, 0.3) is 0 Å². The number of hydrogen-bond donors (Lipinski definition) is 1. The number of rotatable bonds is 2. The van der Waals surface area contributed by atoms with Crippen LogP contribution in [0.1, 0.15) is 31.9 Å². The highest BCUT2D eigenvalue weighted by Crippen LogP contribution is 2.27. The molecule has 0 bridgehead atoms. The lowest BCUT2D eigenvalue weighted by Crippen LogP contribution is -2.55. The van der Waals surface area contributed by atoms with Crippen molar-refractivity contribution in [3.8, 4) is 0 Å². The van der Waals surface area contributed by atoms with E-state index in [9.17, 15) is 9.59 Å². The Hall–Kier alpha value is -1.56. The summed E-state index contributed by atoms with van der Waals surface area (Å²) in [7, 11) is 0. The van der Waals surface area contributed by atoms with Crippen molar-refractivity contribution < 1.29 is 14.3 Å². The smallest absolute Gasteiger partial charge is 0.410 e. The maximum Gasteiger partial charge on any atom is 0.410 e. The van der Waals surface area contributed by atoms with Crippen LogP contribution in [0.15, 0.2) is 16.6 Å². The van der Waals surface area contributed by atoms with Crippen molar-refractivity contribution >= 4 is 33.6 Å². The lowest BCUT2D eigenvalue weighted by atomic mass is 9.99. The minimum Gasteiger partial charge on any atom is -0.444 e. The molecule has 0 aromatic heterocycles. The number of aryl methyl sites for hydroxylation is 2. The molecule has 1 saturated heterocycles. The van der Waals surface area contributed by atoms with Crippen molar-refractivity contribution in [1.82, 2.24) is 4.90 Å². The Balaban J connectivity index is 1.92. The summed E-state index contributed by atoms with van der Waals surface area (Å²) in [5, 5.41) is 2.98. The fraction of sp³-hybridized carbons (Fsp3) is 0.529. The van der Waals surface area contributed by atoms with Gasteiger partial charge < -0.3 is 15.0 Å². The van der Waals surface area contributed by atoms with Crippen molar-refractivity contribution in [3.05, 3.63) is 27.7 Å². The second kappa shape index (κ2) is 6.51. The zero-order chi connectivity index (χ0) is 17.4. The Morgan fingerprint density at radius 3 is 2.22 bits per heavy atom. The Kier molecular flexibility index (Phi) is 5.04. The number of anilines is 1. The van der Waals surface area contributed by atoms with Gasteiger partial charge in [0.1, 0.15) is 5.60 Å². The molecule has 2 rings (SSSR count). The molecule has 0 radical (unpaired) electrons. The van der Waals surface area contributed by atoms with Gasteiger partial charge in [-0.2, -0.15) is 0 Å². The SMILES string of the molecule is Cc1cc(Br)cc(C)c1NC(=O)C1CN(C(=O)OC(C)(C)C)C1. The number of carbonyl (C=O) groups is 2. The van der Waals surface area contributed by atoms with E-state index >= 15 is 0 Å². The molecular weight excluding hydrogens is 360 g/mol. The lowest BCUT2D eigenvalue weighted by molar-refractivity contribution is -0.124. The summed E-state index contributed by atoms with van der Waals surface area (Å²) in [5.74, 6) is -0.247. The molecule has 6 heteroatoms. The van der Waals surface area contributed by atoms with E-state index in [2.05, 4.69) is 21.2 Å². The molecule has 0 saturated carbocycles. The molecule has 5 nitrogen and oxygen atoms in total. The number of nitrogens with one attached hydrogen (secondary N) is 1. The molecular formula is C17H23BrN2O3. The quantitative estimate of drug-likeness (QED) is 0.844. The van der Waals surface area contributed by atoms with Gasteiger partial charge in [0.2, 0.25) is 5.91 Å². The fourth-order valence-electron chi connectivity index (χ4n) is 2.45. The number of ether oxygens (including phenoxy) is 1. The molecule has 126 valence electrons. The first-order chi connectivity index (χ1) is 10.6. The predicted molar refractivity (Wildman–Crippen MR) is 93.5 cm³/mol. The largest absolute Gasteiger partial charge is 0.444 e. The second-order valence-electron chi connectivity index (χ2n) is 6.99. The molecule has 0 aliphatic carbocycles. The van der Waals surface area contributed by atoms with Crippen LogP contribution in [0.2, 0.25) is 0 Å². The lowest BCUT2D eigenvalue weighted by Gasteiger charge is -2.38. The van der Waals surface area contributed by atoms with Crippen LogP contribution in [-0.2, 0) is 9.53 Å². The van der Waals surface area contributed by atoms with Gasteiger partial charge in [0, 0.05) is 23.2 Å². The topological polar surface area (TPSA) is 58.6 Å². The van der Waals surface area contributed by atoms with Gasteiger partial charge in [0.05, 0.1) is 5.92 Å². The summed E-state index contributed by atoms with van der Waals surface area (Å²) in [6, 6.07) is 3.94. The molecule has 1 heterocycles. The van der Waals surface area contributed by atoms with Gasteiger partial charge in [-0.1, -0.05) is 15.9 Å². The molecule has 23 heavy (non-hydrogen) atoms. The van der Waals surface area contributed by atoms with Crippen LogP contribution in [0.3, 0.4) is 0 Å². The number of likely N-dealkylation sites (tertiary alicyclic amines) is 1. The van der Waals surface area contributed by atoms with E-state index in [4.69, 9.17) is 4.74 Å². The summed E-state index contributed by atoms with van der Waals surface area (Å²) in [6.45, 7) is 10.2. The van der Waals surface area contributed by atoms with Gasteiger partial charge in [-0.25, -0.2) is 4.79 Å². The zero-order valence-corrected chi connectivity index (χ0v) is 15.8. The zero-order valence-electron chi connectivity index (χ0n) is 14.2. The van der Waals surface area contributed by atoms with Gasteiger partial charge in [0.15, 0.2) is 0 Å². The van der Waals surface area contributed by atoms with Crippen LogP contribution >= 0.6 is 15.9 Å². The van der Waals surface area contributed by atoms with E-state index < -0.39 is 5.60 Å². The molecule has 1 aromatic carbocycles. The minimum absolute atomic E-state index is 0.0571. The standard InChI is InChI=1S/C17H23BrN2O3/c1-10-6-13(18)7-11(2)14(10)19-15(21)12-8-20(9-12)16(22)23-17(3,4)5/h6-7,12H,8-9H2,1-5H3,(H,19,21). The van der Waals surface area contributed by atoms with Gasteiger partial charge >= 0.3 is 6.09 Å². The molecule has 0 unspecified atom stereocenters. The molecule has 1 aromatic rings. The Morgan fingerprint density at radius 2 is 1.74 bits per heavy atom. The number of benzene rings is 1. The number of halogens is 1. The molecule has 1 aliphatic heterocycles. The minimum atomic E-state index is -0.518. The second-order valence-corrected chi connectivity index (χ2v) is 7.90. The summed E-state index contributed by atoms with van der Waals surface area (Å²) >= 11 is 3.44. The first-order valence-electron chi connectivity index (χ1n) is 7.62. The van der Waals surface area contributed by atoms with Crippen molar-refractivity contribution in [2.24, 2.45) is 5.92 Å². The molecule has 2 amide bonds. The van der Waals surface area contributed by atoms with E-state index in [-0.39, 0.29) is 17.9 Å². The first kappa shape index (κ1) is 17.8. The number of hydrogen-bond acceptors (Lipinski definition) is 3. The van der Waals surface area contributed by atoms with E-state index in [1.807, 2.05) is 46.8 Å². The van der Waals surface area contributed by atoms with Crippen molar-refractivity contribution in [1.29, 1.82) is 0 Å². The summed E-state index contributed by atoms with van der Waals surface area (Å²) < 4.78 is 6.28. The Bertz CT molecular complexity index is 608. The van der Waals surface area contributed by atoms with Crippen LogP contribution in [0, 0.1) is 19.8 Å². The van der Waals surface area contributed by atoms with Crippen molar-refractivity contribution in [3.63, 3.8) is 0 Å². The third-order valence-corrected chi connectivity index (χ3v) is 4.11. The molecule has 0 spiro atoms. The van der Waals surface area contributed by atoms with Gasteiger partial charge in [-0.05, 0) is 57.9 Å². The van der Waals surface area contributed by atoms with Crippen LogP contribution in [0.4, 0.5) is 10.5 Å². The van der Waals surface area contributed by atoms with Crippen LogP contribution < -0.4 is 5.32 Å². The van der Waals surface area contributed by atoms with E-state index in [0.717, 1.165) is 21.3 Å². The van der Waals surface area contributed by atoms with Crippen molar-refractivity contribution in [2.75, 3.05) is 18.4 Å². The van der Waals surface area contributed by atoms with E-state index in [0.29, 0.717) is 13.1 Å². The maximum absolute atomic E-state index is 12.3. The Morgan fingerprint density at radius 1 is 1.22 bits per heavy atom. The van der Waals surface area contributed by atoms with Crippen LogP contribution in [0.25, 0.3) is 0 Å². The highest BCUT2D eigenvalue weighted by atomic mass is 79.9. The average molecular weight is 383 g/mol. The first-order valence-corrected chi connectivity index (χ1v) is 8.41. The number of carbonyl (C=O) groups excluding carboxylic acids is 2. The molecule has 0 atom stereocenters. The predicted octanol–water partition coefficient (Wildman–Crippen LogP) is 3.87. The van der Waals surface area contributed by atoms with E-state index in [1.54, 1.807) is 4.90 Å². The highest BCUT2D eigenvalue weighted by molar-refractivity contribution is 9.10. The molecule has 1 aliphatic rings. The fourth-order valence-corrected chi connectivity index (χ4v) is 3.14. The maximum atomic E-state index is 12.3. The summed E-state index contributed by atoms with van der Waals surface area (Å²) in [5.41, 5.74) is 2.34. The number of nitrogens with zero attached hydrogens (tertiary/aromatic N) is 1. The van der Waals surface area contributed by atoms with Crippen molar-refractivity contribution in [2.45, 2.75) is 40.2 Å². The molecule has 1 N–H and O–H groups in total. The van der Waals surface area contributed by atoms with Gasteiger partial charge in [-0.3, -0.25) is 4.79 Å². The highest BCUT2D eigenvalue weighted by Gasteiger charge is 2.38. The third kappa shape index (κ3) is 4.47. The third-order valence-electron chi connectivity index (χ3n) is 3.65. The number of amides is 2. The molecule has 1 fully saturated rings. The Labute approximate surface area is 145 Å². The van der Waals surface area contributed by atoms with Gasteiger partial charge in [-0.15, -0.1) is 0 Å². The monoisotopic (exact) mass is 382 g/mol. The van der Waals surface area contributed by atoms with Crippen LogP contribution in [-0.4, -0.2) is 35.6 Å². The van der Waals surface area contributed by atoms with E-state index in [1.165, 1.54) is 0 Å². The normalized spacial score (nSPS) is 15.1. The summed E-state index contributed by atoms with van der Waals surface area (Å²) in [4.78, 5) is 25.8.